The lowest BCUT2D eigenvalue weighted by atomic mass is 9.90. The van der Waals surface area contributed by atoms with E-state index in [0.29, 0.717) is 16.5 Å². The van der Waals surface area contributed by atoms with Gasteiger partial charge < -0.3 is 14.2 Å². The lowest BCUT2D eigenvalue weighted by Crippen LogP contribution is -2.41. The van der Waals surface area contributed by atoms with E-state index in [1.165, 1.54) is 16.7 Å². The normalized spacial score (nSPS) is 19.8. The van der Waals surface area contributed by atoms with E-state index < -0.39 is 35.0 Å². The summed E-state index contributed by atoms with van der Waals surface area (Å²) in [5.41, 5.74) is -0.566. The summed E-state index contributed by atoms with van der Waals surface area (Å²) in [4.78, 5) is 12.6. The molecule has 2 heterocycles. The van der Waals surface area contributed by atoms with Gasteiger partial charge in [-0.05, 0) is 66.7 Å². The quantitative estimate of drug-likeness (QED) is 0.702. The van der Waals surface area contributed by atoms with Gasteiger partial charge in [-0.25, -0.2) is 9.18 Å². The monoisotopic (exact) mass is 363 g/mol. The second-order valence-electron chi connectivity index (χ2n) is 8.68. The Morgan fingerprint density at radius 3 is 2.27 bits per heavy atom. The molecular formula is C20H26FNO4. The number of benzene rings is 1. The zero-order valence-corrected chi connectivity index (χ0v) is 16.3. The molecule has 0 saturated carbocycles. The fourth-order valence-electron chi connectivity index (χ4n) is 2.85. The summed E-state index contributed by atoms with van der Waals surface area (Å²) >= 11 is 0. The summed E-state index contributed by atoms with van der Waals surface area (Å²) in [5, 5.41) is 0.564. The standard InChI is InChI=1S/C20H26FNO4/c1-18(2,3)26-17(23)22-11-14(13-10-12(21)8-9-15(13)22)16-24-19(4,5)20(6,7)25-16/h8-11,16H,1-7H3. The molecule has 5 nitrogen and oxygen atoms in total. The Kier molecular flexibility index (Phi) is 4.20. The van der Waals surface area contributed by atoms with E-state index >= 15 is 0 Å². The number of hydrogen-bond donors (Lipinski definition) is 0. The molecule has 3 rings (SSSR count). The third-order valence-electron chi connectivity index (χ3n) is 4.89. The van der Waals surface area contributed by atoms with Crippen LogP contribution < -0.4 is 0 Å². The fraction of sp³-hybridized carbons (Fsp3) is 0.550. The van der Waals surface area contributed by atoms with Gasteiger partial charge in [-0.1, -0.05) is 0 Å². The van der Waals surface area contributed by atoms with Crippen LogP contribution in [0.4, 0.5) is 9.18 Å². The Hall–Kier alpha value is -1.92. The van der Waals surface area contributed by atoms with Crippen molar-refractivity contribution in [1.82, 2.24) is 4.57 Å². The molecule has 1 aliphatic heterocycles. The molecule has 6 heteroatoms. The van der Waals surface area contributed by atoms with Crippen molar-refractivity contribution in [2.24, 2.45) is 0 Å². The van der Waals surface area contributed by atoms with Crippen LogP contribution in [0.25, 0.3) is 10.9 Å². The number of aromatic nitrogens is 1. The maximum absolute atomic E-state index is 13.9. The van der Waals surface area contributed by atoms with Crippen LogP contribution in [0.3, 0.4) is 0 Å². The Labute approximate surface area is 153 Å². The van der Waals surface area contributed by atoms with Crippen LogP contribution >= 0.6 is 0 Å². The number of ether oxygens (including phenoxy) is 3. The second kappa shape index (κ2) is 5.79. The molecular weight excluding hydrogens is 337 g/mol. The lowest BCUT2D eigenvalue weighted by molar-refractivity contribution is -0.0886. The molecule has 0 amide bonds. The molecule has 0 bridgehead atoms. The Balaban J connectivity index is 2.10. The summed E-state index contributed by atoms with van der Waals surface area (Å²) in [6, 6.07) is 4.26. The zero-order valence-electron chi connectivity index (χ0n) is 16.3. The molecule has 0 spiro atoms. The van der Waals surface area contributed by atoms with Gasteiger partial charge in [-0.3, -0.25) is 4.57 Å². The van der Waals surface area contributed by atoms with Crippen LogP contribution in [0.15, 0.2) is 24.4 Å². The highest BCUT2D eigenvalue weighted by Crippen LogP contribution is 2.46. The molecule has 1 aromatic heterocycles. The molecule has 26 heavy (non-hydrogen) atoms. The first-order valence-electron chi connectivity index (χ1n) is 8.70. The Morgan fingerprint density at radius 1 is 1.15 bits per heavy atom. The topological polar surface area (TPSA) is 49.7 Å². The molecule has 0 atom stereocenters. The van der Waals surface area contributed by atoms with E-state index in [1.54, 1.807) is 33.0 Å². The van der Waals surface area contributed by atoms with Crippen LogP contribution in [-0.2, 0) is 14.2 Å². The highest BCUT2D eigenvalue weighted by Gasteiger charge is 2.50. The lowest BCUT2D eigenvalue weighted by Gasteiger charge is -2.30. The van der Waals surface area contributed by atoms with Crippen molar-refractivity contribution in [3.05, 3.63) is 35.8 Å². The van der Waals surface area contributed by atoms with Crippen LogP contribution in [0.2, 0.25) is 0 Å². The SMILES string of the molecule is CC(C)(C)OC(=O)n1cc(C2OC(C)(C)C(C)(C)O2)c2cc(F)ccc21. The van der Waals surface area contributed by atoms with Crippen molar-refractivity contribution < 1.29 is 23.4 Å². The van der Waals surface area contributed by atoms with Crippen molar-refractivity contribution in [2.75, 3.05) is 0 Å². The van der Waals surface area contributed by atoms with Gasteiger partial charge >= 0.3 is 6.09 Å². The predicted molar refractivity (Wildman–Crippen MR) is 96.6 cm³/mol. The van der Waals surface area contributed by atoms with Gasteiger partial charge in [0.25, 0.3) is 0 Å². The number of halogens is 1. The second-order valence-corrected chi connectivity index (χ2v) is 8.68. The number of rotatable bonds is 1. The first-order chi connectivity index (χ1) is 11.8. The average Bonchev–Trinajstić information content (AvgIpc) is 2.91. The van der Waals surface area contributed by atoms with E-state index in [1.807, 2.05) is 27.7 Å². The van der Waals surface area contributed by atoms with Gasteiger partial charge in [0.2, 0.25) is 0 Å². The minimum absolute atomic E-state index is 0.391. The largest absolute Gasteiger partial charge is 0.443 e. The minimum Gasteiger partial charge on any atom is -0.443 e. The van der Waals surface area contributed by atoms with Gasteiger partial charge in [0.15, 0.2) is 6.29 Å². The number of nitrogens with zero attached hydrogens (tertiary/aromatic N) is 1. The molecule has 0 radical (unpaired) electrons. The third-order valence-corrected chi connectivity index (χ3v) is 4.89. The van der Waals surface area contributed by atoms with E-state index in [2.05, 4.69) is 0 Å². The molecule has 142 valence electrons. The van der Waals surface area contributed by atoms with E-state index in [9.17, 15) is 9.18 Å². The molecule has 0 N–H and O–H groups in total. The van der Waals surface area contributed by atoms with Crippen molar-refractivity contribution in [3.63, 3.8) is 0 Å². The minimum atomic E-state index is -0.701. The van der Waals surface area contributed by atoms with Gasteiger partial charge in [-0.15, -0.1) is 0 Å². The van der Waals surface area contributed by atoms with E-state index in [4.69, 9.17) is 14.2 Å². The van der Waals surface area contributed by atoms with Crippen molar-refractivity contribution in [2.45, 2.75) is 71.6 Å². The average molecular weight is 363 g/mol. The van der Waals surface area contributed by atoms with Gasteiger partial charge in [0.05, 0.1) is 16.7 Å². The van der Waals surface area contributed by atoms with Gasteiger partial charge in [-0.2, -0.15) is 0 Å². The number of hydrogen-bond acceptors (Lipinski definition) is 4. The molecule has 1 fully saturated rings. The maximum Gasteiger partial charge on any atom is 0.419 e. The summed E-state index contributed by atoms with van der Waals surface area (Å²) in [5.74, 6) is -0.391. The zero-order chi connectivity index (χ0) is 19.5. The molecule has 2 aromatic rings. The number of fused-ring (bicyclic) bond motifs is 1. The first kappa shape index (κ1) is 18.9. The van der Waals surface area contributed by atoms with E-state index in [0.717, 1.165) is 0 Å². The van der Waals surface area contributed by atoms with Crippen LogP contribution in [0.1, 0.15) is 60.3 Å². The summed E-state index contributed by atoms with van der Waals surface area (Å²) in [7, 11) is 0. The molecule has 0 aliphatic carbocycles. The molecule has 0 unspecified atom stereocenters. The van der Waals surface area contributed by atoms with Crippen molar-refractivity contribution >= 4 is 17.0 Å². The number of carbonyl (C=O) groups excluding carboxylic acids is 1. The Bertz CT molecular complexity index is 845. The third kappa shape index (κ3) is 3.23. The first-order valence-corrected chi connectivity index (χ1v) is 8.70. The molecule has 1 aliphatic rings. The highest BCUT2D eigenvalue weighted by atomic mass is 19.1. The maximum atomic E-state index is 13.9. The van der Waals surface area contributed by atoms with Gasteiger partial charge in [0, 0.05) is 17.1 Å². The Morgan fingerprint density at radius 2 is 1.73 bits per heavy atom. The van der Waals surface area contributed by atoms with Crippen LogP contribution in [0.5, 0.6) is 0 Å². The van der Waals surface area contributed by atoms with Crippen molar-refractivity contribution in [3.8, 4) is 0 Å². The summed E-state index contributed by atoms with van der Waals surface area (Å²) in [6.07, 6.45) is 0.380. The summed E-state index contributed by atoms with van der Waals surface area (Å²) < 4.78 is 32.9. The van der Waals surface area contributed by atoms with Crippen LogP contribution in [0, 0.1) is 5.82 Å². The predicted octanol–water partition coefficient (Wildman–Crippen LogP) is 5.17. The molecule has 1 aromatic carbocycles. The number of carbonyl (C=O) groups is 1. The van der Waals surface area contributed by atoms with E-state index in [-0.39, 0.29) is 0 Å². The molecule has 1 saturated heterocycles. The highest BCUT2D eigenvalue weighted by molar-refractivity contribution is 5.92. The van der Waals surface area contributed by atoms with Gasteiger partial charge in [0.1, 0.15) is 11.4 Å². The fourth-order valence-corrected chi connectivity index (χ4v) is 2.85. The van der Waals surface area contributed by atoms with Crippen LogP contribution in [-0.4, -0.2) is 27.5 Å². The van der Waals surface area contributed by atoms with Crippen molar-refractivity contribution in [1.29, 1.82) is 0 Å². The smallest absolute Gasteiger partial charge is 0.419 e. The summed E-state index contributed by atoms with van der Waals surface area (Å²) in [6.45, 7) is 13.2.